The molecule has 1 amide bonds. The summed E-state index contributed by atoms with van der Waals surface area (Å²) < 4.78 is 5.18. The number of benzene rings is 2. The Labute approximate surface area is 164 Å². The molecule has 7 heteroatoms. The van der Waals surface area contributed by atoms with Crippen molar-refractivity contribution in [1.82, 2.24) is 21.0 Å². The quantitative estimate of drug-likeness (QED) is 0.520. The van der Waals surface area contributed by atoms with E-state index < -0.39 is 0 Å². The summed E-state index contributed by atoms with van der Waals surface area (Å²) in [5, 5.41) is 5.95. The van der Waals surface area contributed by atoms with E-state index >= 15 is 0 Å². The molecule has 3 rings (SSSR count). The van der Waals surface area contributed by atoms with E-state index in [1.807, 2.05) is 67.4 Å². The predicted molar refractivity (Wildman–Crippen MR) is 112 cm³/mol. The zero-order valence-electron chi connectivity index (χ0n) is 16.3. The Morgan fingerprint density at radius 1 is 1.07 bits per heavy atom. The van der Waals surface area contributed by atoms with Gasteiger partial charge in [0.25, 0.3) is 5.91 Å². The summed E-state index contributed by atoms with van der Waals surface area (Å²) in [5.74, 6) is 1.15. The molecule has 0 fully saturated rings. The van der Waals surface area contributed by atoms with Gasteiger partial charge >= 0.3 is 0 Å². The Hall–Kier alpha value is -3.16. The van der Waals surface area contributed by atoms with Crippen molar-refractivity contribution in [2.45, 2.75) is 13.8 Å². The molecular weight excluding hydrogens is 354 g/mol. The highest BCUT2D eigenvalue weighted by molar-refractivity contribution is 6.06. The monoisotopic (exact) mass is 379 g/mol. The maximum absolute atomic E-state index is 12.8. The molecule has 3 aromatic rings. The van der Waals surface area contributed by atoms with E-state index in [4.69, 9.17) is 4.74 Å². The molecule has 1 aromatic heterocycles. The lowest BCUT2D eigenvalue weighted by Gasteiger charge is -2.20. The molecule has 0 saturated carbocycles. The molecule has 1 heterocycles. The highest BCUT2D eigenvalue weighted by Gasteiger charge is 2.14. The molecule has 146 valence electrons. The fraction of sp³-hybridized carbons (Fsp3) is 0.238. The lowest BCUT2D eigenvalue weighted by Crippen LogP contribution is -2.49. The second kappa shape index (κ2) is 9.16. The summed E-state index contributed by atoms with van der Waals surface area (Å²) in [6.45, 7) is 5.58. The predicted octanol–water partition coefficient (Wildman–Crippen LogP) is 3.48. The largest absolute Gasteiger partial charge is 0.497 e. The van der Waals surface area contributed by atoms with Gasteiger partial charge in [-0.3, -0.25) is 10.2 Å². The smallest absolute Gasteiger partial charge is 0.267 e. The van der Waals surface area contributed by atoms with E-state index in [9.17, 15) is 4.79 Å². The Morgan fingerprint density at radius 3 is 2.46 bits per heavy atom. The van der Waals surface area contributed by atoms with Gasteiger partial charge in [-0.25, -0.2) is 9.99 Å². The zero-order valence-corrected chi connectivity index (χ0v) is 16.3. The molecule has 0 radical (unpaired) electrons. The number of hydrazine groups is 2. The van der Waals surface area contributed by atoms with E-state index in [0.29, 0.717) is 11.4 Å². The molecule has 0 aliphatic heterocycles. The van der Waals surface area contributed by atoms with Crippen molar-refractivity contribution >= 4 is 28.3 Å². The van der Waals surface area contributed by atoms with Crippen molar-refractivity contribution in [3.63, 3.8) is 0 Å². The van der Waals surface area contributed by atoms with Crippen LogP contribution in [0.15, 0.2) is 54.6 Å². The number of pyridine rings is 1. The Balaban J connectivity index is 1.89. The minimum Gasteiger partial charge on any atom is -0.497 e. The zero-order chi connectivity index (χ0) is 19.9. The first-order valence-corrected chi connectivity index (χ1v) is 9.26. The first-order chi connectivity index (χ1) is 13.6. The molecule has 0 unspecified atom stereocenters. The molecule has 2 aromatic carbocycles. The van der Waals surface area contributed by atoms with Crippen LogP contribution in [-0.4, -0.2) is 36.1 Å². The van der Waals surface area contributed by atoms with Crippen LogP contribution >= 0.6 is 0 Å². The molecule has 0 atom stereocenters. The fourth-order valence-electron chi connectivity index (χ4n) is 2.83. The van der Waals surface area contributed by atoms with Gasteiger partial charge in [0.1, 0.15) is 11.6 Å². The average Bonchev–Trinajstić information content (AvgIpc) is 2.74. The number of carbonyl (C=O) groups excluding carboxylic acids is 1. The molecule has 0 spiro atoms. The average molecular weight is 379 g/mol. The SMILES string of the molecule is CCN(CC)NNC(=O)c1cc(Nc2ccc(OC)cc2)nc2ccccc12. The Morgan fingerprint density at radius 2 is 1.79 bits per heavy atom. The first kappa shape index (κ1) is 19.6. The molecule has 0 aliphatic carbocycles. The van der Waals surface area contributed by atoms with Gasteiger partial charge in [0.2, 0.25) is 0 Å². The number of para-hydroxylation sites is 1. The van der Waals surface area contributed by atoms with Gasteiger partial charge in [0.05, 0.1) is 18.2 Å². The maximum atomic E-state index is 12.8. The fourth-order valence-corrected chi connectivity index (χ4v) is 2.83. The van der Waals surface area contributed by atoms with Gasteiger partial charge in [-0.2, -0.15) is 5.53 Å². The van der Waals surface area contributed by atoms with E-state index in [1.54, 1.807) is 13.2 Å². The summed E-state index contributed by atoms with van der Waals surface area (Å²) in [5.41, 5.74) is 7.85. The van der Waals surface area contributed by atoms with Crippen molar-refractivity contribution in [2.24, 2.45) is 0 Å². The number of fused-ring (bicyclic) bond motifs is 1. The number of aromatic nitrogens is 1. The number of carbonyl (C=O) groups is 1. The van der Waals surface area contributed by atoms with Gasteiger partial charge in [-0.1, -0.05) is 32.0 Å². The number of amides is 1. The van der Waals surface area contributed by atoms with Crippen LogP contribution < -0.4 is 21.0 Å². The lowest BCUT2D eigenvalue weighted by molar-refractivity contribution is 0.0837. The van der Waals surface area contributed by atoms with E-state index in [2.05, 4.69) is 21.3 Å². The molecule has 0 bridgehead atoms. The van der Waals surface area contributed by atoms with E-state index in [-0.39, 0.29) is 5.91 Å². The van der Waals surface area contributed by atoms with Crippen molar-refractivity contribution in [1.29, 1.82) is 0 Å². The van der Waals surface area contributed by atoms with Gasteiger partial charge < -0.3 is 10.1 Å². The number of anilines is 2. The Bertz CT molecular complexity index is 939. The van der Waals surface area contributed by atoms with Gasteiger partial charge in [0, 0.05) is 24.2 Å². The summed E-state index contributed by atoms with van der Waals surface area (Å²) in [4.78, 5) is 17.4. The minimum atomic E-state index is -0.219. The van der Waals surface area contributed by atoms with Crippen molar-refractivity contribution in [3.8, 4) is 5.75 Å². The lowest BCUT2D eigenvalue weighted by atomic mass is 10.1. The van der Waals surface area contributed by atoms with Crippen LogP contribution in [0.1, 0.15) is 24.2 Å². The maximum Gasteiger partial charge on any atom is 0.267 e. The number of hydrogen-bond donors (Lipinski definition) is 3. The second-order valence-electron chi connectivity index (χ2n) is 6.16. The summed E-state index contributed by atoms with van der Waals surface area (Å²) >= 11 is 0. The molecule has 0 aliphatic rings. The first-order valence-electron chi connectivity index (χ1n) is 9.26. The van der Waals surface area contributed by atoms with Gasteiger partial charge in [0.15, 0.2) is 0 Å². The number of ether oxygens (including phenoxy) is 1. The van der Waals surface area contributed by atoms with Gasteiger partial charge in [-0.05, 0) is 36.4 Å². The van der Waals surface area contributed by atoms with Crippen LogP contribution in [0.2, 0.25) is 0 Å². The van der Waals surface area contributed by atoms with Crippen molar-refractivity contribution in [3.05, 3.63) is 60.2 Å². The summed E-state index contributed by atoms with van der Waals surface area (Å²) in [6, 6.07) is 16.9. The standard InChI is InChI=1S/C21H25N5O2/c1-4-26(5-2)25-24-21(27)18-14-20(23-19-9-7-6-8-17(18)19)22-15-10-12-16(28-3)13-11-15/h6-14,25H,4-5H2,1-3H3,(H,22,23)(H,24,27). The molecule has 28 heavy (non-hydrogen) atoms. The van der Waals surface area contributed by atoms with E-state index in [1.165, 1.54) is 0 Å². The van der Waals surface area contributed by atoms with Crippen molar-refractivity contribution < 1.29 is 9.53 Å². The third kappa shape index (κ3) is 4.57. The second-order valence-corrected chi connectivity index (χ2v) is 6.16. The number of methoxy groups -OCH3 is 1. The highest BCUT2D eigenvalue weighted by atomic mass is 16.5. The number of nitrogens with one attached hydrogen (secondary N) is 3. The third-order valence-electron chi connectivity index (χ3n) is 4.41. The van der Waals surface area contributed by atoms with Crippen LogP contribution in [0, 0.1) is 0 Å². The van der Waals surface area contributed by atoms with Crippen LogP contribution in [0.25, 0.3) is 10.9 Å². The molecule has 0 saturated heterocycles. The van der Waals surface area contributed by atoms with E-state index in [0.717, 1.165) is 35.4 Å². The number of rotatable bonds is 8. The highest BCUT2D eigenvalue weighted by Crippen LogP contribution is 2.24. The normalized spacial score (nSPS) is 10.9. The topological polar surface area (TPSA) is 78.5 Å². The number of nitrogens with zero attached hydrogens (tertiary/aromatic N) is 2. The van der Waals surface area contributed by atoms with Crippen LogP contribution in [0.3, 0.4) is 0 Å². The van der Waals surface area contributed by atoms with Crippen LogP contribution in [0.5, 0.6) is 5.75 Å². The minimum absolute atomic E-state index is 0.219. The molecule has 3 N–H and O–H groups in total. The Kier molecular flexibility index (Phi) is 6.41. The molecule has 7 nitrogen and oxygen atoms in total. The van der Waals surface area contributed by atoms with Gasteiger partial charge in [-0.15, -0.1) is 0 Å². The number of hydrogen-bond acceptors (Lipinski definition) is 6. The summed E-state index contributed by atoms with van der Waals surface area (Å²) in [6.07, 6.45) is 0. The van der Waals surface area contributed by atoms with Crippen molar-refractivity contribution in [2.75, 3.05) is 25.5 Å². The van der Waals surface area contributed by atoms with Crippen LogP contribution in [0.4, 0.5) is 11.5 Å². The molecular formula is C21H25N5O2. The third-order valence-corrected chi connectivity index (χ3v) is 4.41. The van der Waals surface area contributed by atoms with Crippen LogP contribution in [-0.2, 0) is 0 Å². The summed E-state index contributed by atoms with van der Waals surface area (Å²) in [7, 11) is 1.63.